The van der Waals surface area contributed by atoms with Crippen molar-refractivity contribution in [3.8, 4) is 0 Å². The first-order valence-corrected chi connectivity index (χ1v) is 7.11. The molecule has 1 unspecified atom stereocenters. The van der Waals surface area contributed by atoms with Crippen LogP contribution in [0.15, 0.2) is 36.7 Å². The molecule has 21 heavy (non-hydrogen) atoms. The summed E-state index contributed by atoms with van der Waals surface area (Å²) in [5, 5.41) is 7.58. The summed E-state index contributed by atoms with van der Waals surface area (Å²) in [6, 6.07) is 6.74. The van der Waals surface area contributed by atoms with Crippen LogP contribution in [0.4, 0.5) is 4.39 Å². The maximum absolute atomic E-state index is 13.1. The second-order valence-electron chi connectivity index (χ2n) is 5.17. The fraction of sp³-hybridized carbons (Fsp3) is 0.438. The van der Waals surface area contributed by atoms with Crippen LogP contribution in [-0.4, -0.2) is 36.6 Å². The van der Waals surface area contributed by atoms with Gasteiger partial charge in [0.05, 0.1) is 12.8 Å². The number of hydrogen-bond acceptors (Lipinski definition) is 3. The van der Waals surface area contributed by atoms with E-state index < -0.39 is 0 Å². The van der Waals surface area contributed by atoms with Crippen molar-refractivity contribution >= 4 is 0 Å². The third-order valence-corrected chi connectivity index (χ3v) is 3.46. The minimum atomic E-state index is -0.203. The molecule has 2 rings (SSSR count). The average molecular weight is 291 g/mol. The molecule has 0 aliphatic rings. The predicted octanol–water partition coefficient (Wildman–Crippen LogP) is 2.12. The van der Waals surface area contributed by atoms with E-state index in [4.69, 9.17) is 4.74 Å². The fourth-order valence-corrected chi connectivity index (χ4v) is 2.36. The molecular weight excluding hydrogens is 269 g/mol. The Kier molecular flexibility index (Phi) is 5.90. The van der Waals surface area contributed by atoms with Crippen LogP contribution < -0.4 is 5.32 Å². The number of methoxy groups -OCH3 is 1. The van der Waals surface area contributed by atoms with Crippen molar-refractivity contribution in [2.75, 3.05) is 26.8 Å². The van der Waals surface area contributed by atoms with E-state index in [0.717, 1.165) is 25.1 Å². The number of benzene rings is 1. The molecule has 114 valence electrons. The lowest BCUT2D eigenvalue weighted by Gasteiger charge is -2.17. The first-order valence-electron chi connectivity index (χ1n) is 7.11. The van der Waals surface area contributed by atoms with Crippen LogP contribution in [0.3, 0.4) is 0 Å². The quantitative estimate of drug-likeness (QED) is 0.757. The highest BCUT2D eigenvalue weighted by atomic mass is 19.1. The molecule has 1 aromatic carbocycles. The van der Waals surface area contributed by atoms with Crippen LogP contribution in [0.2, 0.25) is 0 Å². The van der Waals surface area contributed by atoms with Crippen LogP contribution in [0, 0.1) is 5.82 Å². The van der Waals surface area contributed by atoms with E-state index in [9.17, 15) is 4.39 Å². The minimum absolute atomic E-state index is 0.203. The Morgan fingerprint density at radius 1 is 1.33 bits per heavy atom. The van der Waals surface area contributed by atoms with Gasteiger partial charge in [-0.1, -0.05) is 12.1 Å². The van der Waals surface area contributed by atoms with E-state index >= 15 is 0 Å². The number of ether oxygens (including phenoxy) is 1. The van der Waals surface area contributed by atoms with E-state index in [0.29, 0.717) is 6.61 Å². The van der Waals surface area contributed by atoms with E-state index in [1.54, 1.807) is 11.8 Å². The zero-order valence-electron chi connectivity index (χ0n) is 12.6. The molecule has 1 atom stereocenters. The van der Waals surface area contributed by atoms with Gasteiger partial charge in [-0.15, -0.1) is 0 Å². The normalized spacial score (nSPS) is 12.5. The van der Waals surface area contributed by atoms with Gasteiger partial charge in [0.2, 0.25) is 0 Å². The van der Waals surface area contributed by atoms with Crippen LogP contribution >= 0.6 is 0 Å². The Bertz CT molecular complexity index is 539. The Labute approximate surface area is 124 Å². The number of nitrogens with zero attached hydrogens (tertiary/aromatic N) is 2. The van der Waals surface area contributed by atoms with Crippen molar-refractivity contribution in [2.24, 2.45) is 7.05 Å². The molecular formula is C16H22FN3O. The molecule has 5 heteroatoms. The predicted molar refractivity (Wildman–Crippen MR) is 80.8 cm³/mol. The van der Waals surface area contributed by atoms with Crippen molar-refractivity contribution in [3.63, 3.8) is 0 Å². The number of hydrogen-bond donors (Lipinski definition) is 1. The standard InChI is InChI=1S/C16H22FN3O/c1-20-12-13(10-19-20)9-15(11-18-7-8-21-2)14-3-5-16(17)6-4-14/h3-6,10,12,15,18H,7-9,11H2,1-2H3. The van der Waals surface area contributed by atoms with Gasteiger partial charge in [0.15, 0.2) is 0 Å². The Morgan fingerprint density at radius 2 is 2.10 bits per heavy atom. The summed E-state index contributed by atoms with van der Waals surface area (Å²) in [4.78, 5) is 0. The van der Waals surface area contributed by atoms with E-state index in [2.05, 4.69) is 10.4 Å². The SMILES string of the molecule is COCCNCC(Cc1cnn(C)c1)c1ccc(F)cc1. The Balaban J connectivity index is 2.04. The van der Waals surface area contributed by atoms with Gasteiger partial charge in [-0.05, 0) is 29.7 Å². The molecule has 0 amide bonds. The lowest BCUT2D eigenvalue weighted by molar-refractivity contribution is 0.199. The molecule has 0 aliphatic heterocycles. The maximum Gasteiger partial charge on any atom is 0.123 e. The second kappa shape index (κ2) is 7.90. The lowest BCUT2D eigenvalue weighted by Crippen LogP contribution is -2.26. The Morgan fingerprint density at radius 3 is 2.71 bits per heavy atom. The van der Waals surface area contributed by atoms with Crippen LogP contribution in [0.5, 0.6) is 0 Å². The number of rotatable bonds is 8. The molecule has 0 aliphatic carbocycles. The third-order valence-electron chi connectivity index (χ3n) is 3.46. The molecule has 0 saturated heterocycles. The fourth-order valence-electron chi connectivity index (χ4n) is 2.36. The zero-order chi connectivity index (χ0) is 15.1. The third kappa shape index (κ3) is 4.95. The maximum atomic E-state index is 13.1. The van der Waals surface area contributed by atoms with E-state index in [1.807, 2.05) is 31.6 Å². The topological polar surface area (TPSA) is 39.1 Å². The van der Waals surface area contributed by atoms with Gasteiger partial charge in [0.1, 0.15) is 5.82 Å². The number of halogens is 1. The molecule has 1 aromatic heterocycles. The first kappa shape index (κ1) is 15.7. The zero-order valence-corrected chi connectivity index (χ0v) is 12.6. The van der Waals surface area contributed by atoms with Crippen molar-refractivity contribution in [2.45, 2.75) is 12.3 Å². The van der Waals surface area contributed by atoms with Crippen LogP contribution in [0.25, 0.3) is 0 Å². The second-order valence-corrected chi connectivity index (χ2v) is 5.17. The minimum Gasteiger partial charge on any atom is -0.383 e. The summed E-state index contributed by atoms with van der Waals surface area (Å²) in [6.45, 7) is 2.31. The van der Waals surface area contributed by atoms with Gasteiger partial charge < -0.3 is 10.1 Å². The highest BCUT2D eigenvalue weighted by Crippen LogP contribution is 2.20. The van der Waals surface area contributed by atoms with Gasteiger partial charge >= 0.3 is 0 Å². The molecule has 0 spiro atoms. The lowest BCUT2D eigenvalue weighted by atomic mass is 9.93. The largest absolute Gasteiger partial charge is 0.383 e. The van der Waals surface area contributed by atoms with Crippen molar-refractivity contribution in [3.05, 3.63) is 53.6 Å². The number of nitrogens with one attached hydrogen (secondary N) is 1. The molecule has 1 heterocycles. The molecule has 2 aromatic rings. The van der Waals surface area contributed by atoms with Gasteiger partial charge in [0, 0.05) is 39.4 Å². The highest BCUT2D eigenvalue weighted by Gasteiger charge is 2.13. The molecule has 0 radical (unpaired) electrons. The van der Waals surface area contributed by atoms with Crippen molar-refractivity contribution in [1.29, 1.82) is 0 Å². The summed E-state index contributed by atoms with van der Waals surface area (Å²) in [5.74, 6) is 0.0814. The summed E-state index contributed by atoms with van der Waals surface area (Å²) in [6.07, 6.45) is 4.77. The average Bonchev–Trinajstić information content (AvgIpc) is 2.88. The number of aryl methyl sites for hydroxylation is 1. The summed E-state index contributed by atoms with van der Waals surface area (Å²) in [7, 11) is 3.60. The molecule has 0 saturated carbocycles. The highest BCUT2D eigenvalue weighted by molar-refractivity contribution is 5.23. The monoisotopic (exact) mass is 291 g/mol. The van der Waals surface area contributed by atoms with Gasteiger partial charge in [-0.3, -0.25) is 4.68 Å². The molecule has 0 bridgehead atoms. The first-order chi connectivity index (χ1) is 10.2. The van der Waals surface area contributed by atoms with Gasteiger partial charge in [0.25, 0.3) is 0 Å². The van der Waals surface area contributed by atoms with Crippen LogP contribution in [0.1, 0.15) is 17.0 Å². The molecule has 4 nitrogen and oxygen atoms in total. The molecule has 0 fully saturated rings. The summed E-state index contributed by atoms with van der Waals surface area (Å²) in [5.41, 5.74) is 2.31. The van der Waals surface area contributed by atoms with Crippen molar-refractivity contribution in [1.82, 2.24) is 15.1 Å². The van der Waals surface area contributed by atoms with Gasteiger partial charge in [-0.25, -0.2) is 4.39 Å². The van der Waals surface area contributed by atoms with Crippen molar-refractivity contribution < 1.29 is 9.13 Å². The number of aromatic nitrogens is 2. The van der Waals surface area contributed by atoms with E-state index in [-0.39, 0.29) is 11.7 Å². The smallest absolute Gasteiger partial charge is 0.123 e. The molecule has 1 N–H and O–H groups in total. The van der Waals surface area contributed by atoms with E-state index in [1.165, 1.54) is 17.7 Å². The van der Waals surface area contributed by atoms with Crippen LogP contribution in [-0.2, 0) is 18.2 Å². The van der Waals surface area contributed by atoms with Gasteiger partial charge in [-0.2, -0.15) is 5.10 Å². The summed E-state index contributed by atoms with van der Waals surface area (Å²) < 4.78 is 19.9. The Hall–Kier alpha value is -1.72. The summed E-state index contributed by atoms with van der Waals surface area (Å²) >= 11 is 0.